The van der Waals surface area contributed by atoms with E-state index in [0.717, 1.165) is 5.75 Å². The van der Waals surface area contributed by atoms with Crippen LogP contribution in [0.1, 0.15) is 5.56 Å². The van der Waals surface area contributed by atoms with Crippen molar-refractivity contribution in [2.24, 2.45) is 0 Å². The van der Waals surface area contributed by atoms with E-state index >= 15 is 0 Å². The highest BCUT2D eigenvalue weighted by atomic mass is 32.2. The molecule has 0 atom stereocenters. The van der Waals surface area contributed by atoms with E-state index in [1.54, 1.807) is 11.8 Å². The Labute approximate surface area is 92.1 Å². The van der Waals surface area contributed by atoms with Crippen LogP contribution in [0.3, 0.4) is 0 Å². The van der Waals surface area contributed by atoms with Gasteiger partial charge in [-0.05, 0) is 24.0 Å². The number of hydrogen-bond acceptors (Lipinski definition) is 3. The summed E-state index contributed by atoms with van der Waals surface area (Å²) in [5.74, 6) is 0.181. The maximum atomic E-state index is 10.3. The fourth-order valence-electron chi connectivity index (χ4n) is 1.02. The van der Waals surface area contributed by atoms with Gasteiger partial charge in [0, 0.05) is 10.6 Å². The lowest BCUT2D eigenvalue weighted by Crippen LogP contribution is -1.98. The van der Waals surface area contributed by atoms with Gasteiger partial charge in [-0.1, -0.05) is 12.1 Å². The van der Waals surface area contributed by atoms with Crippen molar-refractivity contribution in [3.63, 3.8) is 0 Å². The highest BCUT2D eigenvalue weighted by molar-refractivity contribution is 7.99. The Bertz CT molecular complexity index is 313. The molecule has 0 aromatic heterocycles. The largest absolute Gasteiger partial charge is 0.481 e. The van der Waals surface area contributed by atoms with Crippen molar-refractivity contribution in [2.45, 2.75) is 10.6 Å². The van der Waals surface area contributed by atoms with Gasteiger partial charge >= 0.3 is 5.97 Å². The molecule has 0 radical (unpaired) electrons. The van der Waals surface area contributed by atoms with E-state index in [1.807, 2.05) is 18.4 Å². The maximum Gasteiger partial charge on any atom is 0.313 e. The lowest BCUT2D eigenvalue weighted by atomic mass is 10.2. The number of benzene rings is 1. The van der Waals surface area contributed by atoms with Gasteiger partial charge in [-0.15, -0.1) is 23.5 Å². The molecule has 76 valence electrons. The summed E-state index contributed by atoms with van der Waals surface area (Å²) >= 11 is 3.12. The summed E-state index contributed by atoms with van der Waals surface area (Å²) in [6.45, 7) is 0. The molecule has 0 amide bonds. The fraction of sp³-hybridized carbons (Fsp3) is 0.300. The Balaban J connectivity index is 2.46. The first-order chi connectivity index (χ1) is 6.72. The first-order valence-corrected chi connectivity index (χ1v) is 6.53. The Kier molecular flexibility index (Phi) is 4.90. The molecule has 0 bridgehead atoms. The molecule has 1 aromatic rings. The molecular formula is C10H12O2S2. The summed E-state index contributed by atoms with van der Waals surface area (Å²) in [5, 5.41) is 8.47. The number of hydrogen-bond donors (Lipinski definition) is 1. The standard InChI is InChI=1S/C10H12O2S2/c1-13-9-4-2-3-8(5-9)6-14-7-10(11)12/h2-5H,6-7H2,1H3,(H,11,12). The summed E-state index contributed by atoms with van der Waals surface area (Å²) in [6.07, 6.45) is 2.03. The second-order valence-corrected chi connectivity index (χ2v) is 4.60. The summed E-state index contributed by atoms with van der Waals surface area (Å²) in [5.41, 5.74) is 1.18. The van der Waals surface area contributed by atoms with E-state index in [2.05, 4.69) is 12.1 Å². The van der Waals surface area contributed by atoms with Gasteiger partial charge in [-0.25, -0.2) is 0 Å². The highest BCUT2D eigenvalue weighted by Gasteiger charge is 1.99. The molecule has 0 spiro atoms. The number of thioether (sulfide) groups is 2. The molecule has 1 N–H and O–H groups in total. The second kappa shape index (κ2) is 5.98. The molecule has 0 aliphatic carbocycles. The number of carboxylic acids is 1. The van der Waals surface area contributed by atoms with Crippen LogP contribution < -0.4 is 0 Å². The number of rotatable bonds is 5. The number of carbonyl (C=O) groups is 1. The predicted octanol–water partition coefficient (Wildman–Crippen LogP) is 2.73. The molecule has 0 saturated heterocycles. The maximum absolute atomic E-state index is 10.3. The summed E-state index contributed by atoms with van der Waals surface area (Å²) in [6, 6.07) is 8.17. The molecular weight excluding hydrogens is 216 g/mol. The molecule has 4 heteroatoms. The molecule has 0 unspecified atom stereocenters. The van der Waals surface area contributed by atoms with E-state index in [4.69, 9.17) is 5.11 Å². The third-order valence-electron chi connectivity index (χ3n) is 1.63. The molecule has 2 nitrogen and oxygen atoms in total. The lowest BCUT2D eigenvalue weighted by molar-refractivity contribution is -0.133. The summed E-state index contributed by atoms with van der Waals surface area (Å²) in [7, 11) is 0. The minimum absolute atomic E-state index is 0.170. The second-order valence-electron chi connectivity index (χ2n) is 2.74. The van der Waals surface area contributed by atoms with Crippen molar-refractivity contribution in [2.75, 3.05) is 12.0 Å². The minimum atomic E-state index is -0.754. The number of aliphatic carboxylic acids is 1. The molecule has 0 aliphatic heterocycles. The van der Waals surface area contributed by atoms with Crippen molar-refractivity contribution in [3.05, 3.63) is 29.8 Å². The SMILES string of the molecule is CSc1cccc(CSCC(=O)O)c1. The topological polar surface area (TPSA) is 37.3 Å². The Morgan fingerprint density at radius 1 is 1.50 bits per heavy atom. The van der Waals surface area contributed by atoms with E-state index < -0.39 is 5.97 Å². The number of carboxylic acid groups (broad SMARTS) is 1. The van der Waals surface area contributed by atoms with Crippen molar-refractivity contribution < 1.29 is 9.90 Å². The van der Waals surface area contributed by atoms with Gasteiger partial charge in [-0.3, -0.25) is 4.79 Å². The van der Waals surface area contributed by atoms with Gasteiger partial charge in [0.25, 0.3) is 0 Å². The van der Waals surface area contributed by atoms with E-state index in [0.29, 0.717) is 0 Å². The van der Waals surface area contributed by atoms with Crippen molar-refractivity contribution in [1.29, 1.82) is 0 Å². The van der Waals surface area contributed by atoms with Crippen LogP contribution in [-0.2, 0) is 10.5 Å². The van der Waals surface area contributed by atoms with Gasteiger partial charge in [0.15, 0.2) is 0 Å². The molecule has 0 saturated carbocycles. The third kappa shape index (κ3) is 4.07. The van der Waals surface area contributed by atoms with Gasteiger partial charge < -0.3 is 5.11 Å². The van der Waals surface area contributed by atoms with Crippen molar-refractivity contribution in [1.82, 2.24) is 0 Å². The zero-order valence-electron chi connectivity index (χ0n) is 7.90. The Morgan fingerprint density at radius 3 is 2.93 bits per heavy atom. The predicted molar refractivity (Wildman–Crippen MR) is 62.0 cm³/mol. The minimum Gasteiger partial charge on any atom is -0.481 e. The van der Waals surface area contributed by atoms with Gasteiger partial charge in [-0.2, -0.15) is 0 Å². The fourth-order valence-corrected chi connectivity index (χ4v) is 2.19. The zero-order valence-corrected chi connectivity index (χ0v) is 9.53. The summed E-state index contributed by atoms with van der Waals surface area (Å²) in [4.78, 5) is 11.5. The average molecular weight is 228 g/mol. The molecule has 0 heterocycles. The molecule has 1 aromatic carbocycles. The van der Waals surface area contributed by atoms with Crippen LogP contribution in [0, 0.1) is 0 Å². The van der Waals surface area contributed by atoms with Crippen LogP contribution in [0.5, 0.6) is 0 Å². The molecule has 0 fully saturated rings. The third-order valence-corrected chi connectivity index (χ3v) is 3.34. The molecule has 1 rings (SSSR count). The van der Waals surface area contributed by atoms with E-state index in [1.165, 1.54) is 22.2 Å². The molecule has 0 aliphatic rings. The Hall–Kier alpha value is -0.610. The van der Waals surface area contributed by atoms with E-state index in [9.17, 15) is 4.79 Å². The Morgan fingerprint density at radius 2 is 2.29 bits per heavy atom. The average Bonchev–Trinajstić information content (AvgIpc) is 2.18. The van der Waals surface area contributed by atoms with Gasteiger partial charge in [0.05, 0.1) is 5.75 Å². The zero-order chi connectivity index (χ0) is 10.4. The van der Waals surface area contributed by atoms with Crippen LogP contribution in [0.2, 0.25) is 0 Å². The first kappa shape index (κ1) is 11.5. The molecule has 14 heavy (non-hydrogen) atoms. The normalized spacial score (nSPS) is 10.1. The highest BCUT2D eigenvalue weighted by Crippen LogP contribution is 2.19. The first-order valence-electron chi connectivity index (χ1n) is 4.15. The quantitative estimate of drug-likeness (QED) is 0.786. The van der Waals surface area contributed by atoms with Crippen LogP contribution in [-0.4, -0.2) is 23.1 Å². The van der Waals surface area contributed by atoms with Crippen LogP contribution >= 0.6 is 23.5 Å². The van der Waals surface area contributed by atoms with Gasteiger partial charge in [0.2, 0.25) is 0 Å². The van der Waals surface area contributed by atoms with Crippen molar-refractivity contribution in [3.8, 4) is 0 Å². The van der Waals surface area contributed by atoms with E-state index in [-0.39, 0.29) is 5.75 Å². The smallest absolute Gasteiger partial charge is 0.313 e. The van der Waals surface area contributed by atoms with Crippen LogP contribution in [0.25, 0.3) is 0 Å². The monoisotopic (exact) mass is 228 g/mol. The van der Waals surface area contributed by atoms with Gasteiger partial charge in [0.1, 0.15) is 0 Å². The van der Waals surface area contributed by atoms with Crippen molar-refractivity contribution >= 4 is 29.5 Å². The van der Waals surface area contributed by atoms with Crippen LogP contribution in [0.4, 0.5) is 0 Å². The van der Waals surface area contributed by atoms with Crippen LogP contribution in [0.15, 0.2) is 29.2 Å². The lowest BCUT2D eigenvalue weighted by Gasteiger charge is -2.01. The summed E-state index contributed by atoms with van der Waals surface area (Å²) < 4.78 is 0.